The molecule has 0 radical (unpaired) electrons. The predicted molar refractivity (Wildman–Crippen MR) is 62.3 cm³/mol. The van der Waals surface area contributed by atoms with E-state index in [4.69, 9.17) is 4.74 Å². The van der Waals surface area contributed by atoms with Crippen molar-refractivity contribution in [3.8, 4) is 0 Å². The third kappa shape index (κ3) is 0.594. The average molecular weight is 228 g/mol. The highest BCUT2D eigenvalue weighted by Crippen LogP contribution is 2.93. The van der Waals surface area contributed by atoms with E-state index in [1.165, 1.54) is 24.0 Å². The number of fused-ring (bicyclic) bond motifs is 1. The maximum absolute atomic E-state index is 12.4. The number of Topliss-reactive ketones (excluding diaryl/α,β-unsaturated/α-hetero) is 1. The molecule has 4 bridgehead atoms. The molecule has 0 aromatic carbocycles. The summed E-state index contributed by atoms with van der Waals surface area (Å²) in [5.74, 6) is 1.16. The minimum absolute atomic E-state index is 0.0873. The lowest BCUT2D eigenvalue weighted by molar-refractivity contribution is -0.130. The Labute approximate surface area is 101 Å². The van der Waals surface area contributed by atoms with Gasteiger partial charge in [0.25, 0.3) is 0 Å². The largest absolute Gasteiger partial charge is 0.372 e. The van der Waals surface area contributed by atoms with Gasteiger partial charge in [-0.05, 0) is 29.9 Å². The molecular formula is C15H16O2. The van der Waals surface area contributed by atoms with Crippen LogP contribution in [-0.4, -0.2) is 19.0 Å². The molecule has 0 N–H and O–H groups in total. The summed E-state index contributed by atoms with van der Waals surface area (Å²) >= 11 is 0. The van der Waals surface area contributed by atoms with Crippen LogP contribution in [0.3, 0.4) is 0 Å². The summed E-state index contributed by atoms with van der Waals surface area (Å²) in [6, 6.07) is 0. The van der Waals surface area contributed by atoms with Crippen molar-refractivity contribution < 1.29 is 9.53 Å². The van der Waals surface area contributed by atoms with Crippen LogP contribution in [0.15, 0.2) is 23.3 Å². The normalized spacial score (nSPS) is 57.2. The van der Waals surface area contributed by atoms with E-state index in [0.717, 1.165) is 19.6 Å². The highest BCUT2D eigenvalue weighted by molar-refractivity contribution is 5.96. The van der Waals surface area contributed by atoms with Crippen molar-refractivity contribution in [3.05, 3.63) is 23.3 Å². The summed E-state index contributed by atoms with van der Waals surface area (Å²) in [6.45, 7) is 3.76. The maximum atomic E-state index is 12.4. The number of rotatable bonds is 0. The highest BCUT2D eigenvalue weighted by atomic mass is 16.5. The lowest BCUT2D eigenvalue weighted by Crippen LogP contribution is -2.34. The topological polar surface area (TPSA) is 26.3 Å². The number of ketones is 1. The number of hydrogen-bond acceptors (Lipinski definition) is 2. The second-order valence-corrected chi connectivity index (χ2v) is 6.73. The monoisotopic (exact) mass is 228 g/mol. The Balaban J connectivity index is 1.83. The summed E-state index contributed by atoms with van der Waals surface area (Å²) in [5.41, 5.74) is 3.14. The Morgan fingerprint density at radius 3 is 3.12 bits per heavy atom. The van der Waals surface area contributed by atoms with Crippen LogP contribution in [0.25, 0.3) is 0 Å². The molecule has 6 rings (SSSR count). The molecule has 0 amide bonds. The second-order valence-electron chi connectivity index (χ2n) is 6.73. The Morgan fingerprint density at radius 1 is 1.35 bits per heavy atom. The molecule has 1 unspecified atom stereocenters. The molecule has 4 fully saturated rings. The first kappa shape index (κ1) is 9.09. The smallest absolute Gasteiger partial charge is 0.140 e. The van der Waals surface area contributed by atoms with Crippen LogP contribution in [-0.2, 0) is 9.53 Å². The molecule has 1 heterocycles. The summed E-state index contributed by atoms with van der Waals surface area (Å²) in [5, 5.41) is 0. The van der Waals surface area contributed by atoms with Gasteiger partial charge in [-0.2, -0.15) is 0 Å². The van der Waals surface area contributed by atoms with Gasteiger partial charge in [-0.3, -0.25) is 4.79 Å². The van der Waals surface area contributed by atoms with Gasteiger partial charge in [-0.1, -0.05) is 19.1 Å². The van der Waals surface area contributed by atoms with Crippen molar-refractivity contribution in [1.29, 1.82) is 0 Å². The van der Waals surface area contributed by atoms with Gasteiger partial charge in [0.15, 0.2) is 0 Å². The molecule has 2 spiro atoms. The Bertz CT molecular complexity index is 537. The average Bonchev–Trinajstić information content (AvgIpc) is 2.70. The van der Waals surface area contributed by atoms with Crippen molar-refractivity contribution in [1.82, 2.24) is 0 Å². The second kappa shape index (κ2) is 2.18. The third-order valence-corrected chi connectivity index (χ3v) is 6.66. The summed E-state index contributed by atoms with van der Waals surface area (Å²) in [4.78, 5) is 12.4. The number of hydrogen-bond donors (Lipinski definition) is 0. The summed E-state index contributed by atoms with van der Waals surface area (Å²) < 4.78 is 5.64. The van der Waals surface area contributed by atoms with Crippen molar-refractivity contribution in [2.24, 2.45) is 22.2 Å². The first-order valence-corrected chi connectivity index (χ1v) is 6.68. The number of allylic oxidation sites excluding steroid dienone is 1. The van der Waals surface area contributed by atoms with Gasteiger partial charge in [-0.25, -0.2) is 0 Å². The molecule has 1 aliphatic heterocycles. The lowest BCUT2D eigenvalue weighted by Gasteiger charge is -2.33. The quantitative estimate of drug-likeness (QED) is 0.635. The van der Waals surface area contributed by atoms with Gasteiger partial charge >= 0.3 is 0 Å². The van der Waals surface area contributed by atoms with Crippen LogP contribution in [0.5, 0.6) is 0 Å². The molecular weight excluding hydrogens is 212 g/mol. The van der Waals surface area contributed by atoms with Crippen molar-refractivity contribution in [2.45, 2.75) is 26.2 Å². The van der Waals surface area contributed by atoms with E-state index in [2.05, 4.69) is 19.1 Å². The van der Waals surface area contributed by atoms with Gasteiger partial charge in [0.1, 0.15) is 5.78 Å². The molecule has 6 aliphatic rings. The van der Waals surface area contributed by atoms with Crippen LogP contribution in [0, 0.1) is 22.2 Å². The van der Waals surface area contributed by atoms with E-state index in [0.29, 0.717) is 11.7 Å². The van der Waals surface area contributed by atoms with E-state index in [9.17, 15) is 4.79 Å². The molecule has 0 aromatic rings. The van der Waals surface area contributed by atoms with Crippen LogP contribution >= 0.6 is 0 Å². The predicted octanol–water partition coefficient (Wildman–Crippen LogP) is 2.26. The van der Waals surface area contributed by atoms with Crippen molar-refractivity contribution in [2.75, 3.05) is 13.2 Å². The summed E-state index contributed by atoms with van der Waals surface area (Å²) in [6.07, 6.45) is 7.94. The SMILES string of the molecule is CC12C(=O)C[C@@H]3C[C@]14C=CC1=C(COC1)[C@]24C3. The first-order chi connectivity index (χ1) is 8.16. The standard InChI is InChI=1S/C15H16O2/c1-13-12(16)4-9-5-14(13)3-2-10-7-17-8-11(10)15(13,14)6-9/h2-3,9H,4-8H2,1H3/t9-,13?,14-,15-/m1/s1. The molecule has 0 saturated heterocycles. The molecule has 4 saturated carbocycles. The van der Waals surface area contributed by atoms with Gasteiger partial charge in [0.2, 0.25) is 0 Å². The van der Waals surface area contributed by atoms with Gasteiger partial charge in [0.05, 0.1) is 13.2 Å². The van der Waals surface area contributed by atoms with E-state index in [-0.39, 0.29) is 16.2 Å². The minimum atomic E-state index is -0.0873. The van der Waals surface area contributed by atoms with Crippen molar-refractivity contribution in [3.63, 3.8) is 0 Å². The third-order valence-electron chi connectivity index (χ3n) is 6.66. The minimum Gasteiger partial charge on any atom is -0.372 e. The molecule has 5 aliphatic carbocycles. The zero-order valence-electron chi connectivity index (χ0n) is 10.1. The molecule has 17 heavy (non-hydrogen) atoms. The number of carbonyl (C=O) groups excluding carboxylic acids is 1. The van der Waals surface area contributed by atoms with Crippen LogP contribution < -0.4 is 0 Å². The van der Waals surface area contributed by atoms with Crippen LogP contribution in [0.1, 0.15) is 26.2 Å². The molecule has 2 heteroatoms. The fraction of sp³-hybridized carbons (Fsp3) is 0.667. The Kier molecular flexibility index (Phi) is 1.17. The van der Waals surface area contributed by atoms with E-state index >= 15 is 0 Å². The van der Waals surface area contributed by atoms with E-state index < -0.39 is 0 Å². The molecule has 0 aromatic heterocycles. The Morgan fingerprint density at radius 2 is 2.24 bits per heavy atom. The number of ether oxygens (including phenoxy) is 1. The van der Waals surface area contributed by atoms with Gasteiger partial charge in [-0.15, -0.1) is 0 Å². The Hall–Kier alpha value is -0.890. The highest BCUT2D eigenvalue weighted by Gasteiger charge is 2.92. The maximum Gasteiger partial charge on any atom is 0.140 e. The fourth-order valence-electron chi connectivity index (χ4n) is 6.04. The van der Waals surface area contributed by atoms with Crippen LogP contribution in [0.2, 0.25) is 0 Å². The molecule has 4 atom stereocenters. The molecule has 2 nitrogen and oxygen atoms in total. The van der Waals surface area contributed by atoms with Crippen molar-refractivity contribution >= 4 is 5.78 Å². The van der Waals surface area contributed by atoms with Crippen LogP contribution in [0.4, 0.5) is 0 Å². The lowest BCUT2D eigenvalue weighted by atomic mass is 9.69. The van der Waals surface area contributed by atoms with E-state index in [1.54, 1.807) is 0 Å². The van der Waals surface area contributed by atoms with E-state index in [1.807, 2.05) is 0 Å². The number of carbonyl (C=O) groups is 1. The van der Waals surface area contributed by atoms with Gasteiger partial charge < -0.3 is 4.74 Å². The molecule has 88 valence electrons. The zero-order chi connectivity index (χ0) is 11.5. The zero-order valence-corrected chi connectivity index (χ0v) is 10.1. The van der Waals surface area contributed by atoms with Gasteiger partial charge in [0, 0.05) is 22.7 Å². The first-order valence-electron chi connectivity index (χ1n) is 6.68. The summed E-state index contributed by atoms with van der Waals surface area (Å²) in [7, 11) is 0. The fourth-order valence-corrected chi connectivity index (χ4v) is 6.04.